The zero-order valence-electron chi connectivity index (χ0n) is 15.2. The predicted molar refractivity (Wildman–Crippen MR) is 104 cm³/mol. The van der Waals surface area contributed by atoms with Gasteiger partial charge in [0.05, 0.1) is 30.3 Å². The summed E-state index contributed by atoms with van der Waals surface area (Å²) in [6.07, 6.45) is 0. The minimum atomic E-state index is -0.558. The van der Waals surface area contributed by atoms with Crippen LogP contribution >= 0.6 is 11.6 Å². The molecule has 0 saturated heterocycles. The molecular weight excluding hydrogens is 386 g/mol. The number of carbonyl (C=O) groups is 2. The highest BCUT2D eigenvalue weighted by atomic mass is 35.5. The Bertz CT molecular complexity index is 1080. The van der Waals surface area contributed by atoms with E-state index in [4.69, 9.17) is 27.8 Å². The van der Waals surface area contributed by atoms with Crippen molar-refractivity contribution in [2.75, 3.05) is 18.6 Å². The van der Waals surface area contributed by atoms with Gasteiger partial charge in [-0.2, -0.15) is 0 Å². The van der Waals surface area contributed by atoms with Crippen LogP contribution in [0.2, 0.25) is 5.15 Å². The number of nitrogen functional groups attached to an aromatic ring is 2. The topological polar surface area (TPSA) is 151 Å². The average Bonchev–Trinajstić information content (AvgIpc) is 3.04. The quantitative estimate of drug-likeness (QED) is 0.540. The van der Waals surface area contributed by atoms with Gasteiger partial charge >= 0.3 is 5.97 Å². The Balaban J connectivity index is 1.87. The first kappa shape index (κ1) is 19.4. The molecule has 10 nitrogen and oxygen atoms in total. The summed E-state index contributed by atoms with van der Waals surface area (Å²) in [5.74, 6) is -0.566. The summed E-state index contributed by atoms with van der Waals surface area (Å²) in [4.78, 5) is 36.3. The lowest BCUT2D eigenvalue weighted by molar-refractivity contribution is 0.0600. The standard InChI is InChI=1S/C17H18ClN7O3/c1-3-25-10-6-8(17(27)28-2)4-5-9(10)22-11(25)7-21-16(26)12-14(19)24-15(20)13(18)23-12/h4-6H,3,7H2,1-2H3,(H,21,26)(H4,19,20,24). The van der Waals surface area contributed by atoms with Crippen molar-refractivity contribution in [3.63, 3.8) is 0 Å². The normalized spacial score (nSPS) is 10.8. The van der Waals surface area contributed by atoms with Gasteiger partial charge in [-0.15, -0.1) is 0 Å². The van der Waals surface area contributed by atoms with Crippen molar-refractivity contribution in [2.24, 2.45) is 0 Å². The molecule has 0 unspecified atom stereocenters. The molecule has 146 valence electrons. The van der Waals surface area contributed by atoms with E-state index in [9.17, 15) is 9.59 Å². The third-order valence-electron chi connectivity index (χ3n) is 4.09. The number of nitrogens with one attached hydrogen (secondary N) is 1. The van der Waals surface area contributed by atoms with Gasteiger partial charge < -0.3 is 26.1 Å². The van der Waals surface area contributed by atoms with Crippen molar-refractivity contribution < 1.29 is 14.3 Å². The van der Waals surface area contributed by atoms with E-state index < -0.39 is 11.9 Å². The van der Waals surface area contributed by atoms with Crippen LogP contribution in [0.3, 0.4) is 0 Å². The lowest BCUT2D eigenvalue weighted by atomic mass is 10.2. The molecule has 0 aliphatic carbocycles. The highest BCUT2D eigenvalue weighted by molar-refractivity contribution is 6.31. The van der Waals surface area contributed by atoms with E-state index in [-0.39, 0.29) is 29.0 Å². The van der Waals surface area contributed by atoms with Crippen LogP contribution in [0, 0.1) is 0 Å². The number of amides is 1. The van der Waals surface area contributed by atoms with Gasteiger partial charge in [0, 0.05) is 6.54 Å². The molecule has 0 aliphatic heterocycles. The second-order valence-corrected chi connectivity index (χ2v) is 6.14. The Morgan fingerprint density at radius 3 is 2.64 bits per heavy atom. The molecule has 11 heteroatoms. The molecule has 3 rings (SSSR count). The van der Waals surface area contributed by atoms with Crippen molar-refractivity contribution in [1.82, 2.24) is 24.8 Å². The minimum absolute atomic E-state index is 0.0510. The fraction of sp³-hybridized carbons (Fsp3) is 0.235. The number of esters is 1. The Kier molecular flexibility index (Phi) is 5.32. The van der Waals surface area contributed by atoms with Crippen molar-refractivity contribution in [1.29, 1.82) is 0 Å². The molecule has 0 saturated carbocycles. The van der Waals surface area contributed by atoms with E-state index in [1.807, 2.05) is 11.5 Å². The third-order valence-corrected chi connectivity index (χ3v) is 4.37. The molecule has 0 atom stereocenters. The lowest BCUT2D eigenvalue weighted by Crippen LogP contribution is -2.27. The van der Waals surface area contributed by atoms with E-state index in [1.54, 1.807) is 18.2 Å². The highest BCUT2D eigenvalue weighted by Gasteiger charge is 2.18. The Morgan fingerprint density at radius 1 is 1.21 bits per heavy atom. The highest BCUT2D eigenvalue weighted by Crippen LogP contribution is 2.20. The first-order valence-corrected chi connectivity index (χ1v) is 8.67. The van der Waals surface area contributed by atoms with Crippen LogP contribution < -0.4 is 16.8 Å². The number of nitrogens with two attached hydrogens (primary N) is 2. The molecule has 2 heterocycles. The van der Waals surface area contributed by atoms with Gasteiger partial charge in [-0.05, 0) is 25.1 Å². The van der Waals surface area contributed by atoms with E-state index in [2.05, 4.69) is 20.3 Å². The summed E-state index contributed by atoms with van der Waals surface area (Å²) in [7, 11) is 1.32. The summed E-state index contributed by atoms with van der Waals surface area (Å²) in [5, 5.41) is 2.59. The van der Waals surface area contributed by atoms with Crippen LogP contribution in [0.5, 0.6) is 0 Å². The van der Waals surface area contributed by atoms with Gasteiger partial charge in [0.25, 0.3) is 5.91 Å². The maximum Gasteiger partial charge on any atom is 0.337 e. The number of halogens is 1. The molecule has 3 aromatic rings. The number of imidazole rings is 1. The summed E-state index contributed by atoms with van der Waals surface area (Å²) in [5.41, 5.74) is 13.0. The van der Waals surface area contributed by atoms with Crippen LogP contribution in [-0.4, -0.2) is 38.5 Å². The summed E-state index contributed by atoms with van der Waals surface area (Å²) < 4.78 is 6.63. The number of hydrogen-bond acceptors (Lipinski definition) is 8. The summed E-state index contributed by atoms with van der Waals surface area (Å²) in [6, 6.07) is 5.06. The molecule has 0 fully saturated rings. The predicted octanol–water partition coefficient (Wildman–Crippen LogP) is 1.38. The lowest BCUT2D eigenvalue weighted by Gasteiger charge is -2.09. The Labute approximate surface area is 164 Å². The largest absolute Gasteiger partial charge is 0.465 e. The van der Waals surface area contributed by atoms with Crippen molar-refractivity contribution in [2.45, 2.75) is 20.0 Å². The Hall–Kier alpha value is -3.40. The molecule has 2 aromatic heterocycles. The van der Waals surface area contributed by atoms with E-state index >= 15 is 0 Å². The van der Waals surface area contributed by atoms with E-state index in [1.165, 1.54) is 7.11 Å². The molecule has 1 aromatic carbocycles. The van der Waals surface area contributed by atoms with Gasteiger partial charge in [0.15, 0.2) is 22.5 Å². The molecule has 28 heavy (non-hydrogen) atoms. The fourth-order valence-corrected chi connectivity index (χ4v) is 2.88. The smallest absolute Gasteiger partial charge is 0.337 e. The molecule has 0 radical (unpaired) electrons. The van der Waals surface area contributed by atoms with Crippen molar-refractivity contribution in [3.05, 3.63) is 40.4 Å². The van der Waals surface area contributed by atoms with E-state index in [0.29, 0.717) is 23.4 Å². The zero-order chi connectivity index (χ0) is 20.4. The van der Waals surface area contributed by atoms with Gasteiger partial charge in [-0.25, -0.2) is 19.7 Å². The van der Waals surface area contributed by atoms with Gasteiger partial charge in [-0.1, -0.05) is 11.6 Å². The number of methoxy groups -OCH3 is 1. The number of carbonyl (C=O) groups excluding carboxylic acids is 2. The van der Waals surface area contributed by atoms with Gasteiger partial charge in [0.2, 0.25) is 0 Å². The molecule has 0 bridgehead atoms. The van der Waals surface area contributed by atoms with Crippen LogP contribution in [0.15, 0.2) is 18.2 Å². The minimum Gasteiger partial charge on any atom is -0.465 e. The average molecular weight is 404 g/mol. The number of rotatable bonds is 5. The SMILES string of the molecule is CCn1c(CNC(=O)c2nc(Cl)c(N)nc2N)nc2ccc(C(=O)OC)cc21. The number of anilines is 2. The zero-order valence-corrected chi connectivity index (χ0v) is 15.9. The van der Waals surface area contributed by atoms with Crippen LogP contribution in [0.25, 0.3) is 11.0 Å². The van der Waals surface area contributed by atoms with Gasteiger partial charge in [-0.3, -0.25) is 4.79 Å². The Morgan fingerprint density at radius 2 is 1.96 bits per heavy atom. The van der Waals surface area contributed by atoms with Crippen molar-refractivity contribution in [3.8, 4) is 0 Å². The third kappa shape index (κ3) is 3.54. The number of nitrogens with zero attached hydrogens (tertiary/aromatic N) is 4. The molecular formula is C17H18ClN7O3. The summed E-state index contributed by atoms with van der Waals surface area (Å²) >= 11 is 5.81. The van der Waals surface area contributed by atoms with E-state index in [0.717, 1.165) is 5.52 Å². The fourth-order valence-electron chi connectivity index (χ4n) is 2.76. The number of fused-ring (bicyclic) bond motifs is 1. The maximum absolute atomic E-state index is 12.4. The molecule has 5 N–H and O–H groups in total. The van der Waals surface area contributed by atoms with Crippen LogP contribution in [-0.2, 0) is 17.8 Å². The van der Waals surface area contributed by atoms with Crippen LogP contribution in [0.1, 0.15) is 33.6 Å². The summed E-state index contributed by atoms with van der Waals surface area (Å²) in [6.45, 7) is 2.63. The van der Waals surface area contributed by atoms with Crippen molar-refractivity contribution >= 4 is 46.1 Å². The number of ether oxygens (including phenoxy) is 1. The number of aryl methyl sites for hydroxylation is 1. The van der Waals surface area contributed by atoms with Gasteiger partial charge in [0.1, 0.15) is 5.82 Å². The molecule has 0 aliphatic rings. The first-order valence-electron chi connectivity index (χ1n) is 8.29. The second kappa shape index (κ2) is 7.69. The second-order valence-electron chi connectivity index (χ2n) is 5.78. The molecule has 0 spiro atoms. The monoisotopic (exact) mass is 403 g/mol. The maximum atomic E-state index is 12.4. The van der Waals surface area contributed by atoms with Crippen LogP contribution in [0.4, 0.5) is 11.6 Å². The molecule has 1 amide bonds. The number of hydrogen-bond donors (Lipinski definition) is 3. The first-order chi connectivity index (χ1) is 13.3. The number of benzene rings is 1. The number of aromatic nitrogens is 4.